The van der Waals surface area contributed by atoms with Crippen LogP contribution in [0.1, 0.15) is 13.3 Å². The minimum atomic E-state index is -3.11. The summed E-state index contributed by atoms with van der Waals surface area (Å²) < 4.78 is 22.1. The van der Waals surface area contributed by atoms with E-state index in [1.807, 2.05) is 6.92 Å². The van der Waals surface area contributed by atoms with Gasteiger partial charge in [0.15, 0.2) is 9.84 Å². The van der Waals surface area contributed by atoms with Gasteiger partial charge in [0, 0.05) is 6.26 Å². The Labute approximate surface area is 72.3 Å². The third-order valence-corrected chi connectivity index (χ3v) is 2.66. The highest BCUT2D eigenvalue weighted by Crippen LogP contribution is 2.07. The van der Waals surface area contributed by atoms with Crippen LogP contribution in [0.5, 0.6) is 0 Å². The standard InChI is InChI=1S/C7H12N2O2S/c1-6-3-4-7(9-5-8-6)12(2,10)11/h4-6H,3H2,1-2H3,(H,8,9). The summed E-state index contributed by atoms with van der Waals surface area (Å²) in [7, 11) is -3.11. The molecule has 12 heavy (non-hydrogen) atoms. The van der Waals surface area contributed by atoms with Gasteiger partial charge in [-0.25, -0.2) is 8.42 Å². The smallest absolute Gasteiger partial charge is 0.190 e. The van der Waals surface area contributed by atoms with Gasteiger partial charge in [-0.15, -0.1) is 0 Å². The van der Waals surface area contributed by atoms with Gasteiger partial charge in [0.25, 0.3) is 0 Å². The summed E-state index contributed by atoms with van der Waals surface area (Å²) in [6, 6.07) is 0.150. The van der Waals surface area contributed by atoms with Crippen LogP contribution in [0.2, 0.25) is 0 Å². The number of hydrogen-bond donors (Lipinski definition) is 1. The van der Waals surface area contributed by atoms with E-state index in [4.69, 9.17) is 0 Å². The van der Waals surface area contributed by atoms with Crippen molar-refractivity contribution in [3.63, 3.8) is 0 Å². The van der Waals surface area contributed by atoms with Gasteiger partial charge in [-0.3, -0.25) is 4.99 Å². The summed E-state index contributed by atoms with van der Waals surface area (Å²) in [5, 5.41) is 2.88. The molecule has 1 N–H and O–H groups in total. The van der Waals surface area contributed by atoms with Gasteiger partial charge in [-0.05, 0) is 19.4 Å². The zero-order chi connectivity index (χ0) is 9.19. The molecule has 0 aliphatic carbocycles. The van der Waals surface area contributed by atoms with Crippen LogP contribution >= 0.6 is 0 Å². The lowest BCUT2D eigenvalue weighted by Crippen LogP contribution is -2.17. The highest BCUT2D eigenvalue weighted by atomic mass is 32.2. The fourth-order valence-corrected chi connectivity index (χ4v) is 1.55. The first-order valence-corrected chi connectivity index (χ1v) is 5.57. The van der Waals surface area contributed by atoms with E-state index in [0.717, 1.165) is 0 Å². The molecule has 68 valence electrons. The van der Waals surface area contributed by atoms with Crippen LogP contribution in [0.15, 0.2) is 16.1 Å². The molecular weight excluding hydrogens is 176 g/mol. The van der Waals surface area contributed by atoms with E-state index in [0.29, 0.717) is 6.42 Å². The Bertz CT molecular complexity index is 316. The zero-order valence-corrected chi connectivity index (χ0v) is 7.93. The van der Waals surface area contributed by atoms with Crippen molar-refractivity contribution < 1.29 is 8.42 Å². The number of aliphatic imine (C=N–C) groups is 1. The fourth-order valence-electron chi connectivity index (χ4n) is 0.884. The van der Waals surface area contributed by atoms with E-state index in [-0.39, 0.29) is 11.1 Å². The largest absolute Gasteiger partial charge is 0.338 e. The lowest BCUT2D eigenvalue weighted by atomic mass is 10.2. The lowest BCUT2D eigenvalue weighted by molar-refractivity contribution is 0.606. The van der Waals surface area contributed by atoms with E-state index in [9.17, 15) is 8.42 Å². The molecule has 0 aromatic rings. The van der Waals surface area contributed by atoms with E-state index < -0.39 is 9.84 Å². The molecule has 1 atom stereocenters. The molecule has 5 heteroatoms. The number of nitrogens with one attached hydrogen (secondary N) is 1. The highest BCUT2D eigenvalue weighted by molar-refractivity contribution is 7.94. The van der Waals surface area contributed by atoms with Crippen LogP contribution in [-0.2, 0) is 9.84 Å². The molecule has 0 amide bonds. The van der Waals surface area contributed by atoms with Gasteiger partial charge >= 0.3 is 0 Å². The van der Waals surface area contributed by atoms with E-state index in [1.165, 1.54) is 12.6 Å². The minimum Gasteiger partial charge on any atom is -0.338 e. The van der Waals surface area contributed by atoms with Crippen LogP contribution in [0.25, 0.3) is 0 Å². The second kappa shape index (κ2) is 3.26. The lowest BCUT2D eigenvalue weighted by Gasteiger charge is -2.00. The summed E-state index contributed by atoms with van der Waals surface area (Å²) in [5.74, 6) is 0. The van der Waals surface area contributed by atoms with Crippen molar-refractivity contribution in [2.45, 2.75) is 19.4 Å². The minimum absolute atomic E-state index is 0.150. The van der Waals surface area contributed by atoms with Crippen molar-refractivity contribution in [1.82, 2.24) is 5.32 Å². The summed E-state index contributed by atoms with van der Waals surface area (Å²) in [5.41, 5.74) is 0. The van der Waals surface area contributed by atoms with Crippen LogP contribution in [0.3, 0.4) is 0 Å². The molecule has 1 unspecified atom stereocenters. The first-order chi connectivity index (χ1) is 5.50. The summed E-state index contributed by atoms with van der Waals surface area (Å²) in [6.07, 6.45) is 4.93. The van der Waals surface area contributed by atoms with Gasteiger partial charge in [0.2, 0.25) is 0 Å². The van der Waals surface area contributed by atoms with Gasteiger partial charge < -0.3 is 5.32 Å². The van der Waals surface area contributed by atoms with Gasteiger partial charge in [-0.2, -0.15) is 0 Å². The predicted molar refractivity (Wildman–Crippen MR) is 48.6 cm³/mol. The maximum absolute atomic E-state index is 11.1. The molecule has 0 radical (unpaired) electrons. The monoisotopic (exact) mass is 188 g/mol. The quantitative estimate of drug-likeness (QED) is 0.643. The number of nitrogens with zero attached hydrogens (tertiary/aromatic N) is 1. The molecule has 1 rings (SSSR count). The van der Waals surface area contributed by atoms with Crippen LogP contribution in [0.4, 0.5) is 0 Å². The van der Waals surface area contributed by atoms with Gasteiger partial charge in [-0.1, -0.05) is 0 Å². The Morgan fingerprint density at radius 2 is 2.33 bits per heavy atom. The highest BCUT2D eigenvalue weighted by Gasteiger charge is 2.12. The average Bonchev–Trinajstić information content (AvgIpc) is 2.11. The number of rotatable bonds is 1. The van der Waals surface area contributed by atoms with Crippen molar-refractivity contribution in [1.29, 1.82) is 0 Å². The Morgan fingerprint density at radius 3 is 2.92 bits per heavy atom. The maximum Gasteiger partial charge on any atom is 0.190 e. The summed E-state index contributed by atoms with van der Waals surface area (Å²) >= 11 is 0. The summed E-state index contributed by atoms with van der Waals surface area (Å²) in [6.45, 7) is 1.93. The van der Waals surface area contributed by atoms with Gasteiger partial charge in [0.05, 0.1) is 12.4 Å². The van der Waals surface area contributed by atoms with Crippen molar-refractivity contribution in [2.24, 2.45) is 4.99 Å². The maximum atomic E-state index is 11.1. The molecule has 1 aliphatic heterocycles. The van der Waals surface area contributed by atoms with Gasteiger partial charge in [0.1, 0.15) is 5.03 Å². The Balaban J connectivity index is 2.88. The average molecular weight is 188 g/mol. The third-order valence-electron chi connectivity index (χ3n) is 1.58. The molecule has 0 aromatic heterocycles. The summed E-state index contributed by atoms with van der Waals surface area (Å²) in [4.78, 5) is 4.03. The molecule has 0 aromatic carbocycles. The molecule has 0 spiro atoms. The van der Waals surface area contributed by atoms with E-state index in [2.05, 4.69) is 10.3 Å². The van der Waals surface area contributed by atoms with E-state index in [1.54, 1.807) is 6.08 Å². The first-order valence-electron chi connectivity index (χ1n) is 3.68. The second-order valence-electron chi connectivity index (χ2n) is 2.85. The van der Waals surface area contributed by atoms with Crippen LogP contribution < -0.4 is 5.32 Å². The fraction of sp³-hybridized carbons (Fsp3) is 0.571. The van der Waals surface area contributed by atoms with Crippen molar-refractivity contribution in [3.05, 3.63) is 11.1 Å². The normalized spacial score (nSPS) is 24.2. The number of hydrogen-bond acceptors (Lipinski definition) is 4. The molecule has 0 fully saturated rings. The zero-order valence-electron chi connectivity index (χ0n) is 7.11. The molecule has 0 saturated carbocycles. The van der Waals surface area contributed by atoms with E-state index >= 15 is 0 Å². The number of sulfone groups is 1. The van der Waals surface area contributed by atoms with Crippen molar-refractivity contribution in [2.75, 3.05) is 6.26 Å². The van der Waals surface area contributed by atoms with Crippen LogP contribution in [0, 0.1) is 0 Å². The molecule has 0 saturated heterocycles. The molecule has 1 aliphatic rings. The first kappa shape index (κ1) is 9.25. The third kappa shape index (κ3) is 2.34. The van der Waals surface area contributed by atoms with Crippen molar-refractivity contribution in [3.8, 4) is 0 Å². The molecule has 0 bridgehead atoms. The Hall–Kier alpha value is -0.840. The second-order valence-corrected chi connectivity index (χ2v) is 4.83. The molecule has 4 nitrogen and oxygen atoms in total. The Kier molecular flexibility index (Phi) is 2.52. The topological polar surface area (TPSA) is 58.5 Å². The predicted octanol–water partition coefficient (Wildman–Crippen LogP) is 0.283. The SMILES string of the molecule is CC1CC=C(S(C)(=O)=O)NC=N1. The Morgan fingerprint density at radius 1 is 1.67 bits per heavy atom. The van der Waals surface area contributed by atoms with Crippen molar-refractivity contribution >= 4 is 16.2 Å². The molecule has 1 heterocycles. The molecular formula is C7H12N2O2S. The van der Waals surface area contributed by atoms with Crippen LogP contribution in [-0.4, -0.2) is 27.1 Å².